The number of esters is 1. The van der Waals surface area contributed by atoms with Crippen LogP contribution in [0.3, 0.4) is 0 Å². The van der Waals surface area contributed by atoms with E-state index in [1.165, 1.54) is 37.5 Å². The molecule has 0 bridgehead atoms. The second kappa shape index (κ2) is 9.47. The quantitative estimate of drug-likeness (QED) is 0.324. The summed E-state index contributed by atoms with van der Waals surface area (Å²) in [5.41, 5.74) is 0.0251. The van der Waals surface area contributed by atoms with E-state index < -0.39 is 29.2 Å². The summed E-state index contributed by atoms with van der Waals surface area (Å²) in [6.07, 6.45) is 2.37. The normalized spacial score (nSPS) is 10.5. The molecule has 2 aromatic rings. The van der Waals surface area contributed by atoms with E-state index in [1.54, 1.807) is 0 Å². The van der Waals surface area contributed by atoms with Crippen LogP contribution in [0, 0.1) is 15.9 Å². The molecule has 0 aliphatic carbocycles. The minimum absolute atomic E-state index is 0.0663. The van der Waals surface area contributed by atoms with Crippen molar-refractivity contribution >= 4 is 40.9 Å². The van der Waals surface area contributed by atoms with Crippen LogP contribution in [0.25, 0.3) is 6.08 Å². The lowest BCUT2D eigenvalue weighted by Crippen LogP contribution is -2.20. The number of nitro groups is 1. The summed E-state index contributed by atoms with van der Waals surface area (Å²) in [6.45, 7) is -0.656. The summed E-state index contributed by atoms with van der Waals surface area (Å²) in [7, 11) is 1.35. The van der Waals surface area contributed by atoms with Crippen LogP contribution in [-0.2, 0) is 14.3 Å². The first-order chi connectivity index (χ1) is 13.3. The van der Waals surface area contributed by atoms with E-state index in [2.05, 4.69) is 5.32 Å². The van der Waals surface area contributed by atoms with Crippen LogP contribution in [0.15, 0.2) is 42.5 Å². The number of carbonyl (C=O) groups excluding carboxylic acids is 2. The summed E-state index contributed by atoms with van der Waals surface area (Å²) in [6, 6.07) is 7.75. The van der Waals surface area contributed by atoms with Gasteiger partial charge in [0.25, 0.3) is 11.6 Å². The Morgan fingerprint density at radius 2 is 2.04 bits per heavy atom. The van der Waals surface area contributed by atoms with Crippen molar-refractivity contribution in [2.24, 2.45) is 0 Å². The van der Waals surface area contributed by atoms with Gasteiger partial charge in [0.15, 0.2) is 6.61 Å². The monoisotopic (exact) mass is 408 g/mol. The molecule has 146 valence electrons. The topological polar surface area (TPSA) is 108 Å². The minimum atomic E-state index is -0.833. The molecular weight excluding hydrogens is 395 g/mol. The maximum Gasteiger partial charge on any atom is 0.331 e. The van der Waals surface area contributed by atoms with Gasteiger partial charge in [-0.15, -0.1) is 0 Å². The fourth-order valence-corrected chi connectivity index (χ4v) is 2.24. The van der Waals surface area contributed by atoms with Gasteiger partial charge in [0, 0.05) is 6.08 Å². The molecule has 1 N–H and O–H groups in total. The van der Waals surface area contributed by atoms with Gasteiger partial charge in [-0.25, -0.2) is 9.18 Å². The van der Waals surface area contributed by atoms with Gasteiger partial charge in [0.2, 0.25) is 0 Å². The lowest BCUT2D eigenvalue weighted by molar-refractivity contribution is -0.384. The molecule has 0 unspecified atom stereocenters. The van der Waals surface area contributed by atoms with Crippen molar-refractivity contribution in [3.63, 3.8) is 0 Å². The molecule has 0 heterocycles. The molecule has 10 heteroatoms. The second-order valence-corrected chi connectivity index (χ2v) is 5.71. The first-order valence-electron chi connectivity index (χ1n) is 7.72. The largest absolute Gasteiger partial charge is 0.496 e. The molecule has 1 amide bonds. The summed E-state index contributed by atoms with van der Waals surface area (Å²) in [5.74, 6) is -1.94. The number of anilines is 1. The van der Waals surface area contributed by atoms with Gasteiger partial charge in [0.1, 0.15) is 17.3 Å². The number of benzene rings is 2. The number of hydrogen-bond donors (Lipinski definition) is 1. The predicted octanol–water partition coefficient (Wildman–Crippen LogP) is 3.59. The van der Waals surface area contributed by atoms with Crippen molar-refractivity contribution in [3.8, 4) is 5.75 Å². The number of ether oxygens (including phenoxy) is 2. The van der Waals surface area contributed by atoms with E-state index in [4.69, 9.17) is 21.1 Å². The predicted molar refractivity (Wildman–Crippen MR) is 99.7 cm³/mol. The SMILES string of the molecule is COc1ccc(NC(=O)COC(=O)/C=C/c2ccc(F)c(Cl)c2)c([N+](=O)[O-])c1. The Balaban J connectivity index is 1.93. The lowest BCUT2D eigenvalue weighted by atomic mass is 10.2. The first-order valence-corrected chi connectivity index (χ1v) is 8.10. The number of nitro benzene ring substituents is 1. The average molecular weight is 409 g/mol. The molecule has 8 nitrogen and oxygen atoms in total. The minimum Gasteiger partial charge on any atom is -0.496 e. The maximum atomic E-state index is 13.1. The van der Waals surface area contributed by atoms with Gasteiger partial charge in [-0.1, -0.05) is 17.7 Å². The second-order valence-electron chi connectivity index (χ2n) is 5.30. The van der Waals surface area contributed by atoms with E-state index in [1.807, 2.05) is 0 Å². The van der Waals surface area contributed by atoms with Crippen molar-refractivity contribution in [1.29, 1.82) is 0 Å². The number of hydrogen-bond acceptors (Lipinski definition) is 6. The van der Waals surface area contributed by atoms with Gasteiger partial charge in [-0.05, 0) is 35.9 Å². The molecule has 0 spiro atoms. The van der Waals surface area contributed by atoms with E-state index >= 15 is 0 Å². The molecule has 0 saturated heterocycles. The number of methoxy groups -OCH3 is 1. The third-order valence-corrected chi connectivity index (χ3v) is 3.67. The molecule has 0 aliphatic rings. The van der Waals surface area contributed by atoms with Crippen molar-refractivity contribution in [1.82, 2.24) is 0 Å². The number of nitrogens with zero attached hydrogens (tertiary/aromatic N) is 1. The molecule has 0 aromatic heterocycles. The Morgan fingerprint density at radius 1 is 1.29 bits per heavy atom. The number of nitrogens with one attached hydrogen (secondary N) is 1. The standard InChI is InChI=1S/C18H14ClFN2O6/c1-27-12-4-6-15(16(9-12)22(25)26)21-17(23)10-28-18(24)7-3-11-2-5-14(20)13(19)8-11/h2-9H,10H2,1H3,(H,21,23)/b7-3+. The number of halogens is 2. The highest BCUT2D eigenvalue weighted by molar-refractivity contribution is 6.30. The van der Waals surface area contributed by atoms with Gasteiger partial charge in [0.05, 0.1) is 23.1 Å². The third kappa shape index (κ3) is 5.78. The van der Waals surface area contributed by atoms with Crippen molar-refractivity contribution in [2.75, 3.05) is 19.0 Å². The van der Waals surface area contributed by atoms with E-state index in [0.29, 0.717) is 5.56 Å². The van der Waals surface area contributed by atoms with Crippen LogP contribution in [0.2, 0.25) is 5.02 Å². The highest BCUT2D eigenvalue weighted by Crippen LogP contribution is 2.28. The zero-order chi connectivity index (χ0) is 20.7. The van der Waals surface area contributed by atoms with Gasteiger partial charge < -0.3 is 14.8 Å². The molecule has 0 atom stereocenters. The Morgan fingerprint density at radius 3 is 2.68 bits per heavy atom. The van der Waals surface area contributed by atoms with E-state index in [0.717, 1.165) is 18.2 Å². The van der Waals surface area contributed by atoms with Crippen LogP contribution in [0.1, 0.15) is 5.56 Å². The average Bonchev–Trinajstić information content (AvgIpc) is 2.67. The van der Waals surface area contributed by atoms with Gasteiger partial charge in [-0.3, -0.25) is 14.9 Å². The van der Waals surface area contributed by atoms with Crippen molar-refractivity contribution < 1.29 is 28.4 Å². The fourth-order valence-electron chi connectivity index (χ4n) is 2.05. The summed E-state index contributed by atoms with van der Waals surface area (Å²) in [5, 5.41) is 13.3. The summed E-state index contributed by atoms with van der Waals surface area (Å²) in [4.78, 5) is 33.9. The van der Waals surface area contributed by atoms with Crippen LogP contribution in [-0.4, -0.2) is 30.5 Å². The Kier molecular flexibility index (Phi) is 7.05. The lowest BCUT2D eigenvalue weighted by Gasteiger charge is -2.07. The Hall–Kier alpha value is -3.46. The van der Waals surface area contributed by atoms with E-state index in [-0.39, 0.29) is 22.1 Å². The molecule has 0 fully saturated rings. The molecule has 2 rings (SSSR count). The summed E-state index contributed by atoms with van der Waals surface area (Å²) >= 11 is 5.63. The highest BCUT2D eigenvalue weighted by Gasteiger charge is 2.17. The Bertz CT molecular complexity index is 948. The molecule has 28 heavy (non-hydrogen) atoms. The van der Waals surface area contributed by atoms with Crippen LogP contribution < -0.4 is 10.1 Å². The zero-order valence-corrected chi connectivity index (χ0v) is 15.2. The van der Waals surface area contributed by atoms with Crippen LogP contribution in [0.5, 0.6) is 5.75 Å². The van der Waals surface area contributed by atoms with Gasteiger partial charge in [-0.2, -0.15) is 0 Å². The summed E-state index contributed by atoms with van der Waals surface area (Å²) < 4.78 is 22.7. The number of rotatable bonds is 7. The first kappa shape index (κ1) is 20.8. The van der Waals surface area contributed by atoms with Crippen molar-refractivity contribution in [2.45, 2.75) is 0 Å². The Labute approximate surface area is 163 Å². The smallest absolute Gasteiger partial charge is 0.331 e. The van der Waals surface area contributed by atoms with Crippen LogP contribution >= 0.6 is 11.6 Å². The fraction of sp³-hybridized carbons (Fsp3) is 0.111. The van der Waals surface area contributed by atoms with Gasteiger partial charge >= 0.3 is 5.97 Å². The molecule has 2 aromatic carbocycles. The highest BCUT2D eigenvalue weighted by atomic mass is 35.5. The van der Waals surface area contributed by atoms with Crippen LogP contribution in [0.4, 0.5) is 15.8 Å². The maximum absolute atomic E-state index is 13.1. The van der Waals surface area contributed by atoms with E-state index in [9.17, 15) is 24.1 Å². The molecule has 0 aliphatic heterocycles. The molecule has 0 saturated carbocycles. The van der Waals surface area contributed by atoms with Crippen molar-refractivity contribution in [3.05, 3.63) is 69.0 Å². The molecular formula is C18H14ClFN2O6. The third-order valence-electron chi connectivity index (χ3n) is 3.38. The number of amides is 1. The molecule has 0 radical (unpaired) electrons. The zero-order valence-electron chi connectivity index (χ0n) is 14.5. The number of carbonyl (C=O) groups is 2.